The molecule has 538 valence electrons. The van der Waals surface area contributed by atoms with Crippen molar-refractivity contribution in [3.63, 3.8) is 0 Å². The number of fused-ring (bicyclic) bond motifs is 22. The lowest BCUT2D eigenvalue weighted by Gasteiger charge is -2.67. The zero-order valence-electron chi connectivity index (χ0n) is 63.6. The van der Waals surface area contributed by atoms with Crippen LogP contribution < -0.4 is 9.80 Å². The molecule has 0 radical (unpaired) electrons. The molecule has 1 heterocycles. The number of benzene rings is 12. The van der Waals surface area contributed by atoms with E-state index in [0.29, 0.717) is 17.3 Å². The van der Waals surface area contributed by atoms with Crippen LogP contribution in [-0.4, -0.2) is 0 Å². The Bertz CT molecular complexity index is 6110. The van der Waals surface area contributed by atoms with E-state index in [0.717, 1.165) is 35.5 Å². The van der Waals surface area contributed by atoms with Crippen molar-refractivity contribution in [3.8, 4) is 55.6 Å². The minimum absolute atomic E-state index is 0.00565. The molecule has 0 saturated heterocycles. The summed E-state index contributed by atoms with van der Waals surface area (Å²) in [5.74, 6) is 6.12. The normalized spacial score (nSPS) is 29.1. The average Bonchev–Trinajstić information content (AvgIpc) is 1.47. The largest absolute Gasteiger partial charge is 0.310 e. The summed E-state index contributed by atoms with van der Waals surface area (Å²) in [5, 5.41) is 2.71. The van der Waals surface area contributed by atoms with Crippen LogP contribution in [0.15, 0.2) is 255 Å². The molecule has 4 spiro atoms. The highest BCUT2D eigenvalue weighted by Gasteiger charge is 2.68. The molecule has 2 unspecified atom stereocenters. The van der Waals surface area contributed by atoms with Crippen LogP contribution in [0.1, 0.15) is 191 Å². The van der Waals surface area contributed by atoms with Gasteiger partial charge in [-0.25, -0.2) is 0 Å². The van der Waals surface area contributed by atoms with Gasteiger partial charge >= 0.3 is 0 Å². The lowest BCUT2D eigenvalue weighted by Crippen LogP contribution is -2.61. The predicted molar refractivity (Wildman–Crippen MR) is 456 cm³/mol. The van der Waals surface area contributed by atoms with Gasteiger partial charge in [-0.3, -0.25) is 0 Å². The van der Waals surface area contributed by atoms with Crippen molar-refractivity contribution >= 4 is 65.6 Å². The fourth-order valence-electron chi connectivity index (χ4n) is 29.9. The molecule has 12 aromatic carbocycles. The van der Waals surface area contributed by atoms with E-state index in [9.17, 15) is 0 Å². The van der Waals surface area contributed by atoms with Crippen LogP contribution in [-0.2, 0) is 27.1 Å². The Morgan fingerprint density at radius 2 is 0.627 bits per heavy atom. The van der Waals surface area contributed by atoms with Crippen LogP contribution in [0, 0.1) is 52.8 Å². The minimum Gasteiger partial charge on any atom is -0.310 e. The van der Waals surface area contributed by atoms with Gasteiger partial charge in [0.15, 0.2) is 0 Å². The standard InChI is InChI=1S/C107H94N2S/c1-102(2)90-24-10-4-18-78(90)84-55-72(30-36-91(84)102)108(73-31-37-94-85(56-73)79-19-5-11-25-92(79)104(94)44-16-3-17-45-104)75-34-40-99-88(59-75)82-22-8-14-28-97(82)107(99)70-53-66-54-71(107)63-103(61-66,62-70)67-42-46-105(47-43-67)93-26-12-6-20-80(93)86-57-74(32-38-95(86)105)109(77-35-41-101-89(60-77)83-23-9-15-29-100(83)110-101)76-33-39-98-87(58-76)81-21-7-13-27-96(81)106(98)68-49-64-48-65(51-68)52-69(106)50-64/h4-15,18-41,55-60,64-71H,3,16-17,42-54,61-63H2,1-2H3. The van der Waals surface area contributed by atoms with Crippen molar-refractivity contribution < 1.29 is 0 Å². The van der Waals surface area contributed by atoms with Crippen LogP contribution >= 0.6 is 11.3 Å². The molecule has 8 bridgehead atoms. The van der Waals surface area contributed by atoms with Gasteiger partial charge in [-0.1, -0.05) is 203 Å². The topological polar surface area (TPSA) is 6.48 Å². The van der Waals surface area contributed by atoms with E-state index >= 15 is 0 Å². The second-order valence-electron chi connectivity index (χ2n) is 38.2. The molecular weight excluding hydrogens is 1350 g/mol. The monoisotopic (exact) mass is 1440 g/mol. The lowest BCUT2D eigenvalue weighted by atomic mass is 9.36. The second kappa shape index (κ2) is 22.2. The lowest BCUT2D eigenvalue weighted by molar-refractivity contribution is -0.133. The molecule has 1 aromatic heterocycles. The molecule has 28 rings (SSSR count). The summed E-state index contributed by atoms with van der Waals surface area (Å²) >= 11 is 1.93. The Balaban J connectivity index is 0.548. The van der Waals surface area contributed by atoms with E-state index < -0.39 is 0 Å². The molecule has 2 nitrogen and oxygen atoms in total. The van der Waals surface area contributed by atoms with E-state index in [2.05, 4.69) is 278 Å². The maximum atomic E-state index is 2.69. The van der Waals surface area contributed by atoms with Crippen molar-refractivity contribution in [2.24, 2.45) is 52.8 Å². The van der Waals surface area contributed by atoms with Gasteiger partial charge in [0.05, 0.1) is 0 Å². The average molecular weight is 1440 g/mol. The molecule has 0 amide bonds. The third-order valence-corrected chi connectivity index (χ3v) is 34.7. The van der Waals surface area contributed by atoms with Crippen molar-refractivity contribution in [1.82, 2.24) is 0 Å². The Labute approximate surface area is 652 Å². The number of rotatable bonds is 7. The Hall–Kier alpha value is -9.54. The predicted octanol–water partition coefficient (Wildman–Crippen LogP) is 28.5. The van der Waals surface area contributed by atoms with Gasteiger partial charge in [-0.2, -0.15) is 0 Å². The summed E-state index contributed by atoms with van der Waals surface area (Å²) in [6, 6.07) is 103. The van der Waals surface area contributed by atoms with E-state index in [1.807, 2.05) is 11.3 Å². The van der Waals surface area contributed by atoms with Crippen molar-refractivity contribution in [3.05, 3.63) is 310 Å². The summed E-state index contributed by atoms with van der Waals surface area (Å²) in [6.07, 6.45) is 25.5. The van der Waals surface area contributed by atoms with Gasteiger partial charge in [-0.15, -0.1) is 11.3 Å². The number of hydrogen-bond acceptors (Lipinski definition) is 3. The Kier molecular flexibility index (Phi) is 12.7. The summed E-state index contributed by atoms with van der Waals surface area (Å²) in [5.41, 5.74) is 38.2. The fourth-order valence-corrected chi connectivity index (χ4v) is 31.0. The first-order valence-electron chi connectivity index (χ1n) is 42.8. The van der Waals surface area contributed by atoms with Crippen molar-refractivity contribution in [1.29, 1.82) is 0 Å². The second-order valence-corrected chi connectivity index (χ2v) is 39.3. The molecule has 0 N–H and O–H groups in total. The Morgan fingerprint density at radius 1 is 0.273 bits per heavy atom. The minimum atomic E-state index is -0.0677. The molecule has 0 aliphatic heterocycles. The number of thiophene rings is 1. The highest BCUT2D eigenvalue weighted by Crippen LogP contribution is 2.76. The highest BCUT2D eigenvalue weighted by molar-refractivity contribution is 7.25. The summed E-state index contributed by atoms with van der Waals surface area (Å²) in [4.78, 5) is 5.31. The molecule has 3 heteroatoms. The van der Waals surface area contributed by atoms with Gasteiger partial charge in [0.2, 0.25) is 0 Å². The van der Waals surface area contributed by atoms with E-state index in [4.69, 9.17) is 0 Å². The molecule has 2 atom stereocenters. The fraction of sp³-hybridized carbons (Fsp3) is 0.327. The summed E-state index contributed by atoms with van der Waals surface area (Å²) in [6.45, 7) is 4.84. The third kappa shape index (κ3) is 8.02. The van der Waals surface area contributed by atoms with Gasteiger partial charge in [0.25, 0.3) is 0 Å². The highest BCUT2D eigenvalue weighted by atomic mass is 32.1. The van der Waals surface area contributed by atoms with E-state index in [-0.39, 0.29) is 27.1 Å². The zero-order chi connectivity index (χ0) is 71.9. The van der Waals surface area contributed by atoms with Gasteiger partial charge in [0.1, 0.15) is 0 Å². The molecule has 110 heavy (non-hydrogen) atoms. The summed E-state index contributed by atoms with van der Waals surface area (Å²) < 4.78 is 2.71. The first kappa shape index (κ1) is 63.1. The maximum Gasteiger partial charge on any atom is 0.0468 e. The number of nitrogens with zero attached hydrogens (tertiary/aromatic N) is 2. The molecular formula is C107H94N2S. The third-order valence-electron chi connectivity index (χ3n) is 33.6. The first-order valence-corrected chi connectivity index (χ1v) is 43.6. The quantitative estimate of drug-likeness (QED) is 0.157. The number of hydrogen-bond donors (Lipinski definition) is 0. The van der Waals surface area contributed by atoms with Gasteiger partial charge in [0, 0.05) is 81.4 Å². The molecule has 15 aliphatic carbocycles. The van der Waals surface area contributed by atoms with Crippen LogP contribution in [0.2, 0.25) is 0 Å². The first-order chi connectivity index (χ1) is 54.1. The van der Waals surface area contributed by atoms with Crippen molar-refractivity contribution in [2.75, 3.05) is 9.80 Å². The number of anilines is 6. The van der Waals surface area contributed by atoms with Gasteiger partial charge < -0.3 is 9.80 Å². The molecule has 15 aliphatic rings. The zero-order valence-corrected chi connectivity index (χ0v) is 64.4. The maximum absolute atomic E-state index is 2.69. The summed E-state index contributed by atoms with van der Waals surface area (Å²) in [7, 11) is 0. The van der Waals surface area contributed by atoms with Gasteiger partial charge in [-0.05, 0) is 352 Å². The SMILES string of the molecule is CC1(C)c2ccccc2-c2cc(N(c3ccc4c(c3)-c3ccccc3C43CCCCC3)c3ccc4c(c3)-c3ccccc3C43C4CC5CC3CC(C3CCC6(CC3)c3ccccc3-c3cc(N(c7ccc8c(c7)-c7ccccc7C87C8CC9CC(C8)CC7C9)c7ccc8sc9ccccc9c8c7)ccc36)(C5)C4)ccc21. The van der Waals surface area contributed by atoms with Crippen LogP contribution in [0.3, 0.4) is 0 Å². The Morgan fingerprint density at radius 3 is 1.16 bits per heavy atom. The smallest absolute Gasteiger partial charge is 0.0468 e. The van der Waals surface area contributed by atoms with Crippen molar-refractivity contribution in [2.45, 2.75) is 163 Å². The molecule has 10 saturated carbocycles. The molecule has 13 aromatic rings. The van der Waals surface area contributed by atoms with Crippen LogP contribution in [0.5, 0.6) is 0 Å². The molecule has 10 fully saturated rings. The van der Waals surface area contributed by atoms with E-state index in [1.165, 1.54) is 243 Å². The van der Waals surface area contributed by atoms with Crippen LogP contribution in [0.25, 0.3) is 75.8 Å². The van der Waals surface area contributed by atoms with Crippen LogP contribution in [0.4, 0.5) is 34.1 Å². The van der Waals surface area contributed by atoms with E-state index in [1.54, 1.807) is 44.5 Å².